The Labute approximate surface area is 252 Å². The van der Waals surface area contributed by atoms with Crippen LogP contribution in [0.2, 0.25) is 5.02 Å². The van der Waals surface area contributed by atoms with E-state index in [4.69, 9.17) is 25.8 Å². The number of aryl methyl sites for hydroxylation is 1. The Morgan fingerprint density at radius 2 is 1.60 bits per heavy atom. The normalized spacial score (nSPS) is 11.8. The Kier molecular flexibility index (Phi) is 11.1. The van der Waals surface area contributed by atoms with Gasteiger partial charge in [-0.2, -0.15) is 0 Å². The number of halogens is 1. The number of nitrogens with zero attached hydrogens (tertiary/aromatic N) is 2. The molecule has 0 bridgehead atoms. The van der Waals surface area contributed by atoms with Gasteiger partial charge in [0.15, 0.2) is 11.5 Å². The molecule has 3 aromatic rings. The lowest BCUT2D eigenvalue weighted by molar-refractivity contribution is -0.140. The number of anilines is 1. The molecule has 0 spiro atoms. The molecule has 226 valence electrons. The Balaban J connectivity index is 2.18. The monoisotopic (exact) mass is 617 g/mol. The summed E-state index contributed by atoms with van der Waals surface area (Å²) in [6, 6.07) is 15.3. The lowest BCUT2D eigenvalue weighted by Crippen LogP contribution is -2.51. The van der Waals surface area contributed by atoms with E-state index >= 15 is 0 Å². The zero-order valence-electron chi connectivity index (χ0n) is 24.5. The predicted molar refractivity (Wildman–Crippen MR) is 162 cm³/mol. The Morgan fingerprint density at radius 3 is 2.19 bits per heavy atom. The summed E-state index contributed by atoms with van der Waals surface area (Å²) in [7, 11) is 1.29. The molecule has 0 heterocycles. The molecule has 0 aliphatic heterocycles. The summed E-state index contributed by atoms with van der Waals surface area (Å²) in [4.78, 5) is 28.3. The molecule has 0 aliphatic carbocycles. The smallest absolute Gasteiger partial charge is 0.265 e. The zero-order valence-corrected chi connectivity index (χ0v) is 26.1. The minimum absolute atomic E-state index is 0.0524. The average Bonchev–Trinajstić information content (AvgIpc) is 2.98. The highest BCUT2D eigenvalue weighted by atomic mass is 35.5. The van der Waals surface area contributed by atoms with Gasteiger partial charge in [0.1, 0.15) is 18.3 Å². The molecule has 1 atom stereocenters. The van der Waals surface area contributed by atoms with Gasteiger partial charge in [0.25, 0.3) is 10.0 Å². The number of carbonyl (C=O) groups excluding carboxylic acids is 2. The summed E-state index contributed by atoms with van der Waals surface area (Å²) in [6.45, 7) is 3.15. The molecule has 3 rings (SSSR count). The SMILES string of the molecule is CCC(C(=O)NC)N(Cc1cccc(C)c1)C(=O)CN(c1cc(Cl)ccc1OC)S(=O)(=O)c1ccc(OC)c(OC)c1. The number of likely N-dealkylation sites (N-methyl/N-ethyl adjacent to an activating group) is 1. The van der Waals surface area contributed by atoms with E-state index in [1.165, 1.54) is 63.6 Å². The van der Waals surface area contributed by atoms with Crippen molar-refractivity contribution in [2.24, 2.45) is 0 Å². The third-order valence-corrected chi connectivity index (χ3v) is 8.69. The number of benzene rings is 3. The first-order valence-corrected chi connectivity index (χ1v) is 15.0. The van der Waals surface area contributed by atoms with Gasteiger partial charge in [-0.25, -0.2) is 8.42 Å². The topological polar surface area (TPSA) is 114 Å². The molecule has 3 aromatic carbocycles. The first-order valence-electron chi connectivity index (χ1n) is 13.2. The third-order valence-electron chi connectivity index (χ3n) is 6.70. The molecule has 1 N–H and O–H groups in total. The van der Waals surface area contributed by atoms with Crippen molar-refractivity contribution in [2.75, 3.05) is 39.2 Å². The van der Waals surface area contributed by atoms with Crippen LogP contribution in [-0.4, -0.2) is 66.1 Å². The number of ether oxygens (including phenoxy) is 3. The first kappa shape index (κ1) is 32.6. The summed E-state index contributed by atoms with van der Waals surface area (Å²) in [5, 5.41) is 2.85. The molecule has 0 aliphatic rings. The number of hydrogen-bond acceptors (Lipinski definition) is 7. The van der Waals surface area contributed by atoms with Crippen molar-refractivity contribution in [2.45, 2.75) is 37.8 Å². The Morgan fingerprint density at radius 1 is 0.929 bits per heavy atom. The van der Waals surface area contributed by atoms with Crippen LogP contribution in [0.4, 0.5) is 5.69 Å². The fraction of sp³-hybridized carbons (Fsp3) is 0.333. The molecule has 0 saturated carbocycles. The van der Waals surface area contributed by atoms with E-state index in [-0.39, 0.29) is 39.6 Å². The number of hydrogen-bond donors (Lipinski definition) is 1. The second-order valence-corrected chi connectivity index (χ2v) is 11.7. The number of amides is 2. The first-order chi connectivity index (χ1) is 20.0. The number of nitrogens with one attached hydrogen (secondary N) is 1. The highest BCUT2D eigenvalue weighted by Gasteiger charge is 2.35. The molecular weight excluding hydrogens is 582 g/mol. The van der Waals surface area contributed by atoms with E-state index in [0.29, 0.717) is 12.2 Å². The highest BCUT2D eigenvalue weighted by molar-refractivity contribution is 7.92. The van der Waals surface area contributed by atoms with E-state index in [9.17, 15) is 18.0 Å². The van der Waals surface area contributed by atoms with Gasteiger partial charge in [-0.15, -0.1) is 0 Å². The van der Waals surface area contributed by atoms with Crippen molar-refractivity contribution < 1.29 is 32.2 Å². The molecular formula is C30H36ClN3O7S. The van der Waals surface area contributed by atoms with Gasteiger partial charge in [0, 0.05) is 24.7 Å². The quantitative estimate of drug-likeness (QED) is 0.302. The number of rotatable bonds is 13. The maximum atomic E-state index is 14.3. The van der Waals surface area contributed by atoms with Crippen LogP contribution < -0.4 is 23.8 Å². The molecule has 0 aromatic heterocycles. The average molecular weight is 618 g/mol. The van der Waals surface area contributed by atoms with Crippen LogP contribution in [0.5, 0.6) is 17.2 Å². The minimum atomic E-state index is -4.42. The molecule has 42 heavy (non-hydrogen) atoms. The molecule has 12 heteroatoms. The molecule has 0 radical (unpaired) electrons. The van der Waals surface area contributed by atoms with Gasteiger partial charge in [-0.05, 0) is 49.2 Å². The number of carbonyl (C=O) groups is 2. The van der Waals surface area contributed by atoms with Crippen LogP contribution in [0.25, 0.3) is 0 Å². The van der Waals surface area contributed by atoms with Gasteiger partial charge >= 0.3 is 0 Å². The summed E-state index contributed by atoms with van der Waals surface area (Å²) >= 11 is 6.29. The third kappa shape index (κ3) is 7.27. The van der Waals surface area contributed by atoms with Gasteiger partial charge in [0.05, 0.1) is 31.9 Å². The lowest BCUT2D eigenvalue weighted by atomic mass is 10.1. The Bertz CT molecular complexity index is 1530. The van der Waals surface area contributed by atoms with Crippen LogP contribution in [0.15, 0.2) is 65.6 Å². The van der Waals surface area contributed by atoms with Crippen molar-refractivity contribution >= 4 is 39.1 Å². The van der Waals surface area contributed by atoms with E-state index < -0.39 is 28.5 Å². The molecule has 10 nitrogen and oxygen atoms in total. The molecule has 1 unspecified atom stereocenters. The van der Waals surface area contributed by atoms with E-state index in [1.54, 1.807) is 13.0 Å². The van der Waals surface area contributed by atoms with E-state index in [1.807, 2.05) is 31.2 Å². The molecule has 2 amide bonds. The largest absolute Gasteiger partial charge is 0.495 e. The Hall–Kier alpha value is -3.96. The summed E-state index contributed by atoms with van der Waals surface area (Å²) in [5.41, 5.74) is 1.83. The fourth-order valence-corrected chi connectivity index (χ4v) is 6.17. The van der Waals surface area contributed by atoms with Gasteiger partial charge in [-0.3, -0.25) is 13.9 Å². The second kappa shape index (κ2) is 14.3. The van der Waals surface area contributed by atoms with Crippen LogP contribution in [0, 0.1) is 6.92 Å². The highest BCUT2D eigenvalue weighted by Crippen LogP contribution is 2.37. The van der Waals surface area contributed by atoms with Gasteiger partial charge in [-0.1, -0.05) is 48.4 Å². The zero-order chi connectivity index (χ0) is 31.0. The molecule has 0 saturated heterocycles. The maximum absolute atomic E-state index is 14.3. The summed E-state index contributed by atoms with van der Waals surface area (Å²) in [6.07, 6.45) is 0.306. The maximum Gasteiger partial charge on any atom is 0.265 e. The van der Waals surface area contributed by atoms with Crippen LogP contribution in [0.1, 0.15) is 24.5 Å². The minimum Gasteiger partial charge on any atom is -0.495 e. The van der Waals surface area contributed by atoms with Crippen LogP contribution >= 0.6 is 11.6 Å². The fourth-order valence-electron chi connectivity index (χ4n) is 4.57. The standard InChI is InChI=1S/C30H36ClN3O7S/c1-7-24(30(36)32-3)33(18-21-10-8-9-20(2)15-21)29(35)19-34(25-16-22(31)11-13-26(25)39-4)42(37,38)23-12-14-27(40-5)28(17-23)41-6/h8-17,24H,7,18-19H2,1-6H3,(H,32,36). The molecule has 0 fully saturated rings. The number of sulfonamides is 1. The van der Waals surface area contributed by atoms with Crippen molar-refractivity contribution in [1.29, 1.82) is 0 Å². The lowest BCUT2D eigenvalue weighted by Gasteiger charge is -2.33. The van der Waals surface area contributed by atoms with Gasteiger partial charge in [0.2, 0.25) is 11.8 Å². The predicted octanol–water partition coefficient (Wildman–Crippen LogP) is 4.42. The van der Waals surface area contributed by atoms with E-state index in [2.05, 4.69) is 5.32 Å². The number of methoxy groups -OCH3 is 3. The van der Waals surface area contributed by atoms with Crippen LogP contribution in [-0.2, 0) is 26.2 Å². The van der Waals surface area contributed by atoms with Crippen molar-refractivity contribution in [1.82, 2.24) is 10.2 Å². The summed E-state index contributed by atoms with van der Waals surface area (Å²) in [5.74, 6) is -0.263. The van der Waals surface area contributed by atoms with Crippen LogP contribution in [0.3, 0.4) is 0 Å². The van der Waals surface area contributed by atoms with E-state index in [0.717, 1.165) is 15.4 Å². The van der Waals surface area contributed by atoms with Gasteiger partial charge < -0.3 is 24.4 Å². The van der Waals surface area contributed by atoms with Crippen molar-refractivity contribution in [3.8, 4) is 17.2 Å². The second-order valence-electron chi connectivity index (χ2n) is 9.39. The van der Waals surface area contributed by atoms with Crippen molar-refractivity contribution in [3.05, 3.63) is 76.8 Å². The summed E-state index contributed by atoms with van der Waals surface area (Å²) < 4.78 is 45.5. The van der Waals surface area contributed by atoms with Crippen molar-refractivity contribution in [3.63, 3.8) is 0 Å².